The fraction of sp³-hybridized carbons (Fsp3) is 0.235. The second-order valence-electron chi connectivity index (χ2n) is 4.90. The van der Waals surface area contributed by atoms with Crippen LogP contribution in [-0.4, -0.2) is 16.3 Å². The normalized spacial score (nSPS) is 13.4. The number of nitrogens with one attached hydrogen (secondary N) is 1. The Morgan fingerprint density at radius 2 is 1.81 bits per heavy atom. The smallest absolute Gasteiger partial charge is 0.233 e. The van der Waals surface area contributed by atoms with E-state index in [1.54, 1.807) is 18.2 Å². The maximum absolute atomic E-state index is 12.2. The number of benzene rings is 2. The second kappa shape index (κ2) is 7.18. The minimum absolute atomic E-state index is 0.0142. The first kappa shape index (κ1) is 15.4. The van der Waals surface area contributed by atoms with Crippen molar-refractivity contribution in [2.75, 3.05) is 0 Å². The van der Waals surface area contributed by atoms with Crippen LogP contribution in [-0.2, 0) is 4.79 Å². The van der Waals surface area contributed by atoms with Crippen LogP contribution in [0.1, 0.15) is 25.5 Å². The van der Waals surface area contributed by atoms with Crippen LogP contribution in [0.2, 0.25) is 0 Å². The van der Waals surface area contributed by atoms with Crippen LogP contribution in [0, 0.1) is 0 Å². The van der Waals surface area contributed by atoms with Gasteiger partial charge in [-0.05, 0) is 43.7 Å². The van der Waals surface area contributed by atoms with Crippen LogP contribution in [0.5, 0.6) is 5.75 Å². The highest BCUT2D eigenvalue weighted by atomic mass is 32.2. The Kier molecular flexibility index (Phi) is 5.28. The zero-order valence-corrected chi connectivity index (χ0v) is 12.9. The van der Waals surface area contributed by atoms with E-state index in [9.17, 15) is 9.90 Å². The highest BCUT2D eigenvalue weighted by Gasteiger charge is 2.17. The number of phenols is 1. The van der Waals surface area contributed by atoms with Gasteiger partial charge in [-0.1, -0.05) is 30.3 Å². The maximum atomic E-state index is 12.2. The van der Waals surface area contributed by atoms with Gasteiger partial charge in [-0.2, -0.15) is 0 Å². The predicted molar refractivity (Wildman–Crippen MR) is 86.4 cm³/mol. The molecule has 3 nitrogen and oxygen atoms in total. The van der Waals surface area contributed by atoms with E-state index in [4.69, 9.17) is 0 Å². The van der Waals surface area contributed by atoms with Crippen molar-refractivity contribution < 1.29 is 9.90 Å². The molecule has 0 fully saturated rings. The molecule has 2 atom stereocenters. The zero-order valence-electron chi connectivity index (χ0n) is 12.1. The fourth-order valence-electron chi connectivity index (χ4n) is 1.96. The number of phenolic OH excluding ortho intramolecular Hbond substituents is 1. The summed E-state index contributed by atoms with van der Waals surface area (Å²) >= 11 is 1.53. The van der Waals surface area contributed by atoms with E-state index < -0.39 is 0 Å². The molecule has 0 aliphatic rings. The quantitative estimate of drug-likeness (QED) is 0.827. The van der Waals surface area contributed by atoms with Gasteiger partial charge in [0.15, 0.2) is 0 Å². The molecule has 21 heavy (non-hydrogen) atoms. The third-order valence-corrected chi connectivity index (χ3v) is 4.27. The van der Waals surface area contributed by atoms with Gasteiger partial charge in [-0.25, -0.2) is 0 Å². The molecule has 0 aliphatic carbocycles. The van der Waals surface area contributed by atoms with Crippen molar-refractivity contribution in [3.05, 3.63) is 60.2 Å². The molecule has 0 unspecified atom stereocenters. The largest absolute Gasteiger partial charge is 0.508 e. The summed E-state index contributed by atoms with van der Waals surface area (Å²) in [7, 11) is 0. The summed E-state index contributed by atoms with van der Waals surface area (Å²) < 4.78 is 0. The average molecular weight is 301 g/mol. The lowest BCUT2D eigenvalue weighted by atomic mass is 10.1. The standard InChI is InChI=1S/C17H19NO2S/c1-12(14-7-6-8-15(19)11-14)18-17(20)13(2)21-16-9-4-3-5-10-16/h3-13,19H,1-2H3,(H,18,20)/t12-,13+/m1/s1. The minimum Gasteiger partial charge on any atom is -0.508 e. The number of carbonyl (C=O) groups excluding carboxylic acids is 1. The van der Waals surface area contributed by atoms with E-state index in [-0.39, 0.29) is 22.9 Å². The molecule has 0 heterocycles. The van der Waals surface area contributed by atoms with Crippen LogP contribution in [0.4, 0.5) is 0 Å². The molecule has 0 radical (unpaired) electrons. The summed E-state index contributed by atoms with van der Waals surface area (Å²) in [6, 6.07) is 16.7. The van der Waals surface area contributed by atoms with E-state index >= 15 is 0 Å². The van der Waals surface area contributed by atoms with E-state index in [2.05, 4.69) is 5.32 Å². The van der Waals surface area contributed by atoms with Gasteiger partial charge in [-0.15, -0.1) is 11.8 Å². The van der Waals surface area contributed by atoms with E-state index in [0.29, 0.717) is 0 Å². The number of carbonyl (C=O) groups is 1. The van der Waals surface area contributed by atoms with Gasteiger partial charge >= 0.3 is 0 Å². The number of rotatable bonds is 5. The molecule has 0 aliphatic heterocycles. The molecule has 0 bridgehead atoms. The summed E-state index contributed by atoms with van der Waals surface area (Å²) in [6.07, 6.45) is 0. The van der Waals surface area contributed by atoms with Crippen LogP contribution in [0.3, 0.4) is 0 Å². The van der Waals surface area contributed by atoms with Crippen LogP contribution >= 0.6 is 11.8 Å². The van der Waals surface area contributed by atoms with Crippen molar-refractivity contribution in [2.24, 2.45) is 0 Å². The lowest BCUT2D eigenvalue weighted by Gasteiger charge is -2.18. The van der Waals surface area contributed by atoms with Gasteiger partial charge in [0, 0.05) is 4.90 Å². The summed E-state index contributed by atoms with van der Waals surface area (Å²) in [4.78, 5) is 13.3. The molecule has 1 amide bonds. The summed E-state index contributed by atoms with van der Waals surface area (Å²) in [5, 5.41) is 12.3. The van der Waals surface area contributed by atoms with Crippen molar-refractivity contribution >= 4 is 17.7 Å². The molecule has 0 saturated heterocycles. The van der Waals surface area contributed by atoms with E-state index in [1.165, 1.54) is 11.8 Å². The van der Waals surface area contributed by atoms with Gasteiger partial charge in [0.1, 0.15) is 5.75 Å². The highest BCUT2D eigenvalue weighted by Crippen LogP contribution is 2.24. The van der Waals surface area contributed by atoms with Crippen molar-refractivity contribution in [1.29, 1.82) is 0 Å². The van der Waals surface area contributed by atoms with Crippen molar-refractivity contribution in [3.8, 4) is 5.75 Å². The second-order valence-corrected chi connectivity index (χ2v) is 6.31. The third kappa shape index (κ3) is 4.53. The summed E-state index contributed by atoms with van der Waals surface area (Å²) in [6.45, 7) is 3.80. The van der Waals surface area contributed by atoms with Crippen LogP contribution in [0.15, 0.2) is 59.5 Å². The molecule has 0 saturated carbocycles. The van der Waals surface area contributed by atoms with Crippen molar-refractivity contribution in [1.82, 2.24) is 5.32 Å². The molecule has 4 heteroatoms. The monoisotopic (exact) mass is 301 g/mol. The SMILES string of the molecule is C[C@H](Sc1ccccc1)C(=O)N[C@H](C)c1cccc(O)c1. The molecular weight excluding hydrogens is 282 g/mol. The summed E-state index contributed by atoms with van der Waals surface area (Å²) in [5.41, 5.74) is 0.889. The topological polar surface area (TPSA) is 49.3 Å². The molecule has 2 aromatic rings. The third-order valence-electron chi connectivity index (χ3n) is 3.15. The number of aromatic hydroxyl groups is 1. The Morgan fingerprint density at radius 3 is 2.48 bits per heavy atom. The minimum atomic E-state index is -0.174. The Labute approximate surface area is 129 Å². The predicted octanol–water partition coefficient (Wildman–Crippen LogP) is 3.75. The molecule has 2 N–H and O–H groups in total. The molecular formula is C17H19NO2S. The highest BCUT2D eigenvalue weighted by molar-refractivity contribution is 8.00. The van der Waals surface area contributed by atoms with Crippen LogP contribution in [0.25, 0.3) is 0 Å². The lowest BCUT2D eigenvalue weighted by molar-refractivity contribution is -0.120. The van der Waals surface area contributed by atoms with Gasteiger partial charge < -0.3 is 10.4 Å². The maximum Gasteiger partial charge on any atom is 0.233 e. The van der Waals surface area contributed by atoms with E-state index in [1.807, 2.05) is 50.2 Å². The van der Waals surface area contributed by atoms with Gasteiger partial charge in [0.25, 0.3) is 0 Å². The molecule has 2 aromatic carbocycles. The Morgan fingerprint density at radius 1 is 1.10 bits per heavy atom. The fourth-order valence-corrected chi connectivity index (χ4v) is 2.86. The molecule has 0 spiro atoms. The zero-order chi connectivity index (χ0) is 15.2. The summed E-state index contributed by atoms with van der Waals surface area (Å²) in [5.74, 6) is 0.194. The lowest BCUT2D eigenvalue weighted by Crippen LogP contribution is -2.33. The first-order valence-corrected chi connectivity index (χ1v) is 7.75. The number of thioether (sulfide) groups is 1. The molecule has 2 rings (SSSR count). The Bertz CT molecular complexity index is 601. The van der Waals surface area contributed by atoms with Crippen molar-refractivity contribution in [2.45, 2.75) is 30.0 Å². The van der Waals surface area contributed by atoms with Gasteiger partial charge in [0.2, 0.25) is 5.91 Å². The van der Waals surface area contributed by atoms with Crippen LogP contribution < -0.4 is 5.32 Å². The number of hydrogen-bond donors (Lipinski definition) is 2. The van der Waals surface area contributed by atoms with Crippen molar-refractivity contribution in [3.63, 3.8) is 0 Å². The van der Waals surface area contributed by atoms with Gasteiger partial charge in [0.05, 0.1) is 11.3 Å². The molecule has 110 valence electrons. The Balaban J connectivity index is 1.94. The molecule has 0 aromatic heterocycles. The van der Waals surface area contributed by atoms with Gasteiger partial charge in [-0.3, -0.25) is 4.79 Å². The number of hydrogen-bond acceptors (Lipinski definition) is 3. The number of amides is 1. The van der Waals surface area contributed by atoms with E-state index in [0.717, 1.165) is 10.5 Å². The Hall–Kier alpha value is -1.94. The first-order chi connectivity index (χ1) is 10.1. The first-order valence-electron chi connectivity index (χ1n) is 6.87. The average Bonchev–Trinajstić information content (AvgIpc) is 2.48.